The number of para-hydroxylation sites is 1. The third kappa shape index (κ3) is 3.29. The number of nitrogens with one attached hydrogen (secondary N) is 2. The summed E-state index contributed by atoms with van der Waals surface area (Å²) in [6.07, 6.45) is 4.45. The Hall–Kier alpha value is -2.33. The van der Waals surface area contributed by atoms with Gasteiger partial charge in [0.1, 0.15) is 0 Å². The smallest absolute Gasteiger partial charge is 0.319 e. The van der Waals surface area contributed by atoms with E-state index in [1.165, 1.54) is 5.56 Å². The first-order chi connectivity index (χ1) is 11.8. The molecule has 2 aliphatic rings. The van der Waals surface area contributed by atoms with Crippen molar-refractivity contribution in [3.8, 4) is 0 Å². The van der Waals surface area contributed by atoms with Gasteiger partial charge in [0.25, 0.3) is 0 Å². The van der Waals surface area contributed by atoms with Crippen LogP contribution in [-0.2, 0) is 11.2 Å². The van der Waals surface area contributed by atoms with Crippen LogP contribution in [0.1, 0.15) is 30.4 Å². The largest absolute Gasteiger partial charge is 0.373 e. The van der Waals surface area contributed by atoms with Gasteiger partial charge in [-0.25, -0.2) is 4.79 Å². The first kappa shape index (κ1) is 15.2. The van der Waals surface area contributed by atoms with Crippen LogP contribution in [0.15, 0.2) is 54.6 Å². The molecule has 0 aliphatic carbocycles. The van der Waals surface area contributed by atoms with Gasteiger partial charge >= 0.3 is 6.03 Å². The second-order valence-corrected chi connectivity index (χ2v) is 6.63. The SMILES string of the molecule is O=C(Nc1ccccc1Cc1ccccc1)N[C@@H]1C[C@H]2CC[C@@H]1O2. The number of fused-ring (bicyclic) bond motifs is 2. The van der Waals surface area contributed by atoms with Crippen LogP contribution in [0.4, 0.5) is 10.5 Å². The molecule has 2 amide bonds. The van der Waals surface area contributed by atoms with Crippen molar-refractivity contribution in [1.29, 1.82) is 0 Å². The van der Waals surface area contributed by atoms with Gasteiger partial charge in [-0.15, -0.1) is 0 Å². The molecular formula is C20H22N2O2. The zero-order valence-electron chi connectivity index (χ0n) is 13.6. The molecule has 3 atom stereocenters. The number of carbonyl (C=O) groups is 1. The van der Waals surface area contributed by atoms with E-state index >= 15 is 0 Å². The average molecular weight is 322 g/mol. The quantitative estimate of drug-likeness (QED) is 0.901. The standard InChI is InChI=1S/C20H22N2O2/c23-20(22-18-13-16-10-11-19(18)24-16)21-17-9-5-4-8-15(17)12-14-6-2-1-3-7-14/h1-9,16,18-19H,10-13H2,(H2,21,22,23)/t16-,18-,19+/m1/s1. The molecule has 2 heterocycles. The number of anilines is 1. The lowest BCUT2D eigenvalue weighted by Crippen LogP contribution is -2.43. The Balaban J connectivity index is 1.41. The van der Waals surface area contributed by atoms with Gasteiger partial charge in [-0.3, -0.25) is 0 Å². The van der Waals surface area contributed by atoms with Crippen LogP contribution >= 0.6 is 0 Å². The van der Waals surface area contributed by atoms with Crippen molar-refractivity contribution in [2.24, 2.45) is 0 Å². The molecule has 0 radical (unpaired) electrons. The fourth-order valence-corrected chi connectivity index (χ4v) is 3.73. The Morgan fingerprint density at radius 1 is 1.04 bits per heavy atom. The molecule has 2 aromatic carbocycles. The van der Waals surface area contributed by atoms with Crippen molar-refractivity contribution in [3.63, 3.8) is 0 Å². The highest BCUT2D eigenvalue weighted by Gasteiger charge is 2.41. The topological polar surface area (TPSA) is 50.4 Å². The second-order valence-electron chi connectivity index (χ2n) is 6.63. The van der Waals surface area contributed by atoms with Gasteiger partial charge < -0.3 is 15.4 Å². The number of rotatable bonds is 4. The molecule has 0 unspecified atom stereocenters. The molecule has 2 aromatic rings. The highest BCUT2D eigenvalue weighted by molar-refractivity contribution is 5.90. The molecule has 0 spiro atoms. The van der Waals surface area contributed by atoms with Gasteiger partial charge in [0, 0.05) is 5.69 Å². The number of ether oxygens (including phenoxy) is 1. The van der Waals surface area contributed by atoms with Crippen molar-refractivity contribution >= 4 is 11.7 Å². The van der Waals surface area contributed by atoms with Crippen molar-refractivity contribution in [3.05, 3.63) is 65.7 Å². The predicted molar refractivity (Wildman–Crippen MR) is 94.1 cm³/mol. The van der Waals surface area contributed by atoms with Crippen molar-refractivity contribution in [2.45, 2.75) is 43.9 Å². The average Bonchev–Trinajstić information content (AvgIpc) is 3.20. The van der Waals surface area contributed by atoms with Gasteiger partial charge in [-0.05, 0) is 42.9 Å². The van der Waals surface area contributed by atoms with E-state index < -0.39 is 0 Å². The molecule has 4 rings (SSSR count). The molecule has 2 bridgehead atoms. The summed E-state index contributed by atoms with van der Waals surface area (Å²) in [5.41, 5.74) is 3.21. The molecule has 2 fully saturated rings. The summed E-state index contributed by atoms with van der Waals surface area (Å²) in [5.74, 6) is 0. The zero-order valence-corrected chi connectivity index (χ0v) is 13.6. The van der Waals surface area contributed by atoms with Crippen LogP contribution in [0, 0.1) is 0 Å². The minimum atomic E-state index is -0.142. The third-order valence-corrected chi connectivity index (χ3v) is 4.93. The lowest BCUT2D eigenvalue weighted by molar-refractivity contribution is 0.0984. The minimum absolute atomic E-state index is 0.142. The van der Waals surface area contributed by atoms with Crippen molar-refractivity contribution in [2.75, 3.05) is 5.32 Å². The highest BCUT2D eigenvalue weighted by Crippen LogP contribution is 2.34. The van der Waals surface area contributed by atoms with Crippen LogP contribution in [0.2, 0.25) is 0 Å². The number of benzene rings is 2. The fourth-order valence-electron chi connectivity index (χ4n) is 3.73. The first-order valence-electron chi connectivity index (χ1n) is 8.63. The molecule has 124 valence electrons. The number of amides is 2. The van der Waals surface area contributed by atoms with Crippen molar-refractivity contribution in [1.82, 2.24) is 5.32 Å². The van der Waals surface area contributed by atoms with Gasteiger partial charge in [-0.1, -0.05) is 48.5 Å². The zero-order chi connectivity index (χ0) is 16.4. The van der Waals surface area contributed by atoms with E-state index in [-0.39, 0.29) is 18.2 Å². The molecule has 24 heavy (non-hydrogen) atoms. The molecule has 4 heteroatoms. The summed E-state index contributed by atoms with van der Waals surface area (Å²) in [5, 5.41) is 6.09. The van der Waals surface area contributed by atoms with Gasteiger partial charge in [-0.2, -0.15) is 0 Å². The summed E-state index contributed by atoms with van der Waals surface area (Å²) in [4.78, 5) is 12.4. The summed E-state index contributed by atoms with van der Waals surface area (Å²) in [6.45, 7) is 0. The number of urea groups is 1. The molecule has 4 nitrogen and oxygen atoms in total. The number of carbonyl (C=O) groups excluding carboxylic acids is 1. The van der Waals surface area contributed by atoms with Gasteiger partial charge in [0.15, 0.2) is 0 Å². The van der Waals surface area contributed by atoms with Crippen LogP contribution in [0.3, 0.4) is 0 Å². The van der Waals surface area contributed by atoms with E-state index in [0.717, 1.165) is 36.9 Å². The van der Waals surface area contributed by atoms with E-state index in [2.05, 4.69) is 28.8 Å². The Morgan fingerprint density at radius 3 is 2.58 bits per heavy atom. The normalized spacial score (nSPS) is 24.8. The Labute approximate surface area is 142 Å². The number of hydrogen-bond donors (Lipinski definition) is 2. The monoisotopic (exact) mass is 322 g/mol. The number of hydrogen-bond acceptors (Lipinski definition) is 2. The van der Waals surface area contributed by atoms with E-state index in [1.807, 2.05) is 36.4 Å². The van der Waals surface area contributed by atoms with Crippen LogP contribution in [0.25, 0.3) is 0 Å². The van der Waals surface area contributed by atoms with Gasteiger partial charge in [0.2, 0.25) is 0 Å². The third-order valence-electron chi connectivity index (χ3n) is 4.93. The Kier molecular flexibility index (Phi) is 4.22. The fraction of sp³-hybridized carbons (Fsp3) is 0.350. The maximum Gasteiger partial charge on any atom is 0.319 e. The predicted octanol–water partition coefficient (Wildman–Crippen LogP) is 3.72. The first-order valence-corrected chi connectivity index (χ1v) is 8.63. The maximum absolute atomic E-state index is 12.4. The van der Waals surface area contributed by atoms with Crippen LogP contribution < -0.4 is 10.6 Å². The summed E-state index contributed by atoms with van der Waals surface area (Å²) in [7, 11) is 0. The lowest BCUT2D eigenvalue weighted by Gasteiger charge is -2.21. The van der Waals surface area contributed by atoms with E-state index in [0.29, 0.717) is 6.10 Å². The van der Waals surface area contributed by atoms with Crippen LogP contribution in [0.5, 0.6) is 0 Å². The van der Waals surface area contributed by atoms with Crippen LogP contribution in [-0.4, -0.2) is 24.3 Å². The molecule has 2 N–H and O–H groups in total. The lowest BCUT2D eigenvalue weighted by atomic mass is 9.96. The summed E-state index contributed by atoms with van der Waals surface area (Å²) < 4.78 is 5.80. The summed E-state index contributed by atoms with van der Waals surface area (Å²) in [6, 6.07) is 18.3. The molecule has 2 saturated heterocycles. The van der Waals surface area contributed by atoms with Crippen molar-refractivity contribution < 1.29 is 9.53 Å². The summed E-state index contributed by atoms with van der Waals surface area (Å²) >= 11 is 0. The van der Waals surface area contributed by atoms with E-state index in [9.17, 15) is 4.79 Å². The molecule has 0 aromatic heterocycles. The second kappa shape index (κ2) is 6.65. The molecule has 2 aliphatic heterocycles. The van der Waals surface area contributed by atoms with Gasteiger partial charge in [0.05, 0.1) is 18.2 Å². The highest BCUT2D eigenvalue weighted by atomic mass is 16.5. The molecule has 0 saturated carbocycles. The Morgan fingerprint density at radius 2 is 1.83 bits per heavy atom. The minimum Gasteiger partial charge on any atom is -0.373 e. The maximum atomic E-state index is 12.4. The van der Waals surface area contributed by atoms with E-state index in [4.69, 9.17) is 4.74 Å². The van der Waals surface area contributed by atoms with E-state index in [1.54, 1.807) is 0 Å². The Bertz CT molecular complexity index is 717. The molecular weight excluding hydrogens is 300 g/mol.